The maximum absolute atomic E-state index is 9.23. The molecule has 0 bridgehead atoms. The summed E-state index contributed by atoms with van der Waals surface area (Å²) >= 11 is 6.05. The van der Waals surface area contributed by atoms with Crippen LogP contribution in [0.2, 0.25) is 5.02 Å². The van der Waals surface area contributed by atoms with Crippen LogP contribution < -0.4 is 0 Å². The van der Waals surface area contributed by atoms with E-state index in [0.29, 0.717) is 24.8 Å². The Kier molecular flexibility index (Phi) is 4.12. The first kappa shape index (κ1) is 11.8. The zero-order chi connectivity index (χ0) is 11.4. The van der Waals surface area contributed by atoms with E-state index in [2.05, 4.69) is 9.88 Å². The third-order valence-corrected chi connectivity index (χ3v) is 3.09. The topological polar surface area (TPSA) is 45.6 Å². The Balaban J connectivity index is 2.05. The second kappa shape index (κ2) is 5.59. The van der Waals surface area contributed by atoms with Gasteiger partial charge in [-0.15, -0.1) is 0 Å². The molecular formula is C11H15ClN2O2. The van der Waals surface area contributed by atoms with Gasteiger partial charge in [0.25, 0.3) is 0 Å². The van der Waals surface area contributed by atoms with Crippen LogP contribution in [0.5, 0.6) is 0 Å². The van der Waals surface area contributed by atoms with Crippen LogP contribution in [-0.4, -0.2) is 47.4 Å². The monoisotopic (exact) mass is 242 g/mol. The van der Waals surface area contributed by atoms with Gasteiger partial charge in [-0.1, -0.05) is 11.6 Å². The highest BCUT2D eigenvalue weighted by Gasteiger charge is 2.23. The lowest BCUT2D eigenvalue weighted by Gasteiger charge is -2.34. The summed E-state index contributed by atoms with van der Waals surface area (Å²) in [5.74, 6) is 0. The van der Waals surface area contributed by atoms with Gasteiger partial charge in [-0.2, -0.15) is 0 Å². The molecule has 1 atom stereocenters. The number of ether oxygens (including phenoxy) is 1. The van der Waals surface area contributed by atoms with Crippen LogP contribution in [0.15, 0.2) is 18.3 Å². The second-order valence-corrected chi connectivity index (χ2v) is 4.22. The van der Waals surface area contributed by atoms with Crippen LogP contribution in [0.1, 0.15) is 5.69 Å². The quantitative estimate of drug-likeness (QED) is 0.857. The van der Waals surface area contributed by atoms with E-state index >= 15 is 0 Å². The van der Waals surface area contributed by atoms with E-state index < -0.39 is 0 Å². The molecule has 1 N–H and O–H groups in total. The minimum atomic E-state index is 0.0480. The number of hydrogen-bond donors (Lipinski definition) is 1. The Hall–Kier alpha value is -0.680. The molecule has 1 unspecified atom stereocenters. The van der Waals surface area contributed by atoms with E-state index in [1.165, 1.54) is 0 Å². The zero-order valence-corrected chi connectivity index (χ0v) is 9.73. The van der Waals surface area contributed by atoms with Gasteiger partial charge in [-0.05, 0) is 12.1 Å². The van der Waals surface area contributed by atoms with E-state index in [4.69, 9.17) is 16.3 Å². The highest BCUT2D eigenvalue weighted by Crippen LogP contribution is 2.17. The van der Waals surface area contributed by atoms with Crippen molar-refractivity contribution < 1.29 is 9.84 Å². The van der Waals surface area contributed by atoms with Gasteiger partial charge in [0.2, 0.25) is 0 Å². The minimum Gasteiger partial charge on any atom is -0.395 e. The van der Waals surface area contributed by atoms with Crippen molar-refractivity contribution in [1.29, 1.82) is 0 Å². The predicted octanol–water partition coefficient (Wildman–Crippen LogP) is 0.928. The summed E-state index contributed by atoms with van der Waals surface area (Å²) in [6, 6.07) is 3.69. The fourth-order valence-electron chi connectivity index (χ4n) is 1.79. The van der Waals surface area contributed by atoms with Crippen molar-refractivity contribution in [3.63, 3.8) is 0 Å². The van der Waals surface area contributed by atoms with Gasteiger partial charge in [0.15, 0.2) is 0 Å². The van der Waals surface area contributed by atoms with Crippen molar-refractivity contribution in [3.05, 3.63) is 29.0 Å². The Labute approximate surface area is 99.8 Å². The van der Waals surface area contributed by atoms with E-state index in [9.17, 15) is 5.11 Å². The van der Waals surface area contributed by atoms with Crippen molar-refractivity contribution in [1.82, 2.24) is 9.88 Å². The van der Waals surface area contributed by atoms with Crippen LogP contribution in [-0.2, 0) is 11.3 Å². The van der Waals surface area contributed by atoms with Crippen LogP contribution in [0.25, 0.3) is 0 Å². The number of aromatic nitrogens is 1. The van der Waals surface area contributed by atoms with Crippen LogP contribution in [0.3, 0.4) is 0 Å². The van der Waals surface area contributed by atoms with E-state index in [0.717, 1.165) is 12.2 Å². The Morgan fingerprint density at radius 1 is 1.62 bits per heavy atom. The molecule has 0 radical (unpaired) electrons. The molecule has 2 rings (SSSR count). The smallest absolute Gasteiger partial charge is 0.0729 e. The Bertz CT molecular complexity index is 349. The first-order valence-corrected chi connectivity index (χ1v) is 5.71. The van der Waals surface area contributed by atoms with Gasteiger partial charge < -0.3 is 9.84 Å². The number of aliphatic hydroxyl groups is 1. The predicted molar refractivity (Wildman–Crippen MR) is 61.3 cm³/mol. The Morgan fingerprint density at radius 2 is 2.50 bits per heavy atom. The molecule has 88 valence electrons. The summed E-state index contributed by atoms with van der Waals surface area (Å²) in [5, 5.41) is 9.91. The Morgan fingerprint density at radius 3 is 3.25 bits per heavy atom. The van der Waals surface area contributed by atoms with Crippen LogP contribution >= 0.6 is 11.6 Å². The molecule has 2 heterocycles. The third kappa shape index (κ3) is 2.71. The maximum atomic E-state index is 9.23. The van der Waals surface area contributed by atoms with Crippen molar-refractivity contribution in [2.45, 2.75) is 12.6 Å². The van der Waals surface area contributed by atoms with Gasteiger partial charge >= 0.3 is 0 Å². The van der Waals surface area contributed by atoms with Crippen molar-refractivity contribution >= 4 is 11.6 Å². The highest BCUT2D eigenvalue weighted by molar-refractivity contribution is 6.31. The van der Waals surface area contributed by atoms with Crippen LogP contribution in [0.4, 0.5) is 0 Å². The third-order valence-electron chi connectivity index (χ3n) is 2.75. The number of pyridine rings is 1. The lowest BCUT2D eigenvalue weighted by molar-refractivity contribution is -0.0317. The molecule has 1 aliphatic rings. The molecule has 0 aromatic carbocycles. The molecule has 0 aliphatic carbocycles. The molecule has 0 saturated carbocycles. The average Bonchev–Trinajstić information content (AvgIpc) is 2.33. The normalized spacial score (nSPS) is 22.2. The number of halogens is 1. The van der Waals surface area contributed by atoms with E-state index in [-0.39, 0.29) is 12.6 Å². The molecular weight excluding hydrogens is 228 g/mol. The summed E-state index contributed by atoms with van der Waals surface area (Å²) in [6.07, 6.45) is 1.73. The molecule has 5 heteroatoms. The first-order valence-electron chi connectivity index (χ1n) is 5.33. The van der Waals surface area contributed by atoms with Crippen molar-refractivity contribution in [3.8, 4) is 0 Å². The summed E-state index contributed by atoms with van der Waals surface area (Å²) in [4.78, 5) is 6.40. The molecule has 1 aromatic rings. The lowest BCUT2D eigenvalue weighted by Crippen LogP contribution is -2.47. The molecule has 1 saturated heterocycles. The maximum Gasteiger partial charge on any atom is 0.0729 e. The highest BCUT2D eigenvalue weighted by atomic mass is 35.5. The number of morpholine rings is 1. The van der Waals surface area contributed by atoms with Crippen molar-refractivity contribution in [2.75, 3.05) is 26.4 Å². The molecule has 1 aromatic heterocycles. The largest absolute Gasteiger partial charge is 0.395 e. The van der Waals surface area contributed by atoms with E-state index in [1.807, 2.05) is 12.1 Å². The molecule has 4 nitrogen and oxygen atoms in total. The van der Waals surface area contributed by atoms with Gasteiger partial charge in [0.05, 0.1) is 36.6 Å². The zero-order valence-electron chi connectivity index (χ0n) is 8.97. The average molecular weight is 243 g/mol. The molecule has 16 heavy (non-hydrogen) atoms. The van der Waals surface area contributed by atoms with E-state index in [1.54, 1.807) is 6.20 Å². The molecule has 0 spiro atoms. The molecule has 1 fully saturated rings. The molecule has 0 amide bonds. The second-order valence-electron chi connectivity index (χ2n) is 3.81. The number of nitrogens with zero attached hydrogens (tertiary/aromatic N) is 2. The summed E-state index contributed by atoms with van der Waals surface area (Å²) in [7, 11) is 0. The summed E-state index contributed by atoms with van der Waals surface area (Å²) in [6.45, 7) is 2.83. The lowest BCUT2D eigenvalue weighted by atomic mass is 10.2. The fraction of sp³-hybridized carbons (Fsp3) is 0.545. The van der Waals surface area contributed by atoms with Gasteiger partial charge in [-0.25, -0.2) is 0 Å². The van der Waals surface area contributed by atoms with Gasteiger partial charge in [0, 0.05) is 19.3 Å². The minimum absolute atomic E-state index is 0.0480. The number of hydrogen-bond acceptors (Lipinski definition) is 4. The SMILES string of the molecule is OCC1COCCN1Cc1ncccc1Cl. The van der Waals surface area contributed by atoms with Crippen molar-refractivity contribution in [2.24, 2.45) is 0 Å². The van der Waals surface area contributed by atoms with Gasteiger partial charge in [-0.3, -0.25) is 9.88 Å². The summed E-state index contributed by atoms with van der Waals surface area (Å²) < 4.78 is 5.32. The van der Waals surface area contributed by atoms with Gasteiger partial charge in [0.1, 0.15) is 0 Å². The molecule has 1 aliphatic heterocycles. The summed E-state index contributed by atoms with van der Waals surface area (Å²) in [5.41, 5.74) is 0.851. The fourth-order valence-corrected chi connectivity index (χ4v) is 1.97. The first-order chi connectivity index (χ1) is 7.81. The standard InChI is InChI=1S/C11H15ClN2O2/c12-10-2-1-3-13-11(10)6-14-4-5-16-8-9(14)7-15/h1-3,9,15H,4-8H2. The van der Waals surface area contributed by atoms with Crippen LogP contribution in [0, 0.1) is 0 Å². The number of rotatable bonds is 3. The number of aliphatic hydroxyl groups excluding tert-OH is 1.